The summed E-state index contributed by atoms with van der Waals surface area (Å²) < 4.78 is 4.83. The Morgan fingerprint density at radius 1 is 1.71 bits per heavy atom. The number of nitrogens with one attached hydrogen (secondary N) is 2. The van der Waals surface area contributed by atoms with E-state index in [0.29, 0.717) is 12.8 Å². The van der Waals surface area contributed by atoms with Gasteiger partial charge in [-0.1, -0.05) is 5.16 Å². The molecule has 0 saturated carbocycles. The minimum Gasteiger partial charge on any atom is -0.352 e. The summed E-state index contributed by atoms with van der Waals surface area (Å²) in [7, 11) is 0. The lowest BCUT2D eigenvalue weighted by Crippen LogP contribution is -2.36. The van der Waals surface area contributed by atoms with Crippen molar-refractivity contribution in [3.8, 4) is 0 Å². The minimum absolute atomic E-state index is 0.0513. The number of rotatable bonds is 4. The third-order valence-corrected chi connectivity index (χ3v) is 3.26. The molecule has 6 heteroatoms. The number of carbonyl (C=O) groups excluding carboxylic acids is 1. The van der Waals surface area contributed by atoms with Crippen LogP contribution in [-0.2, 0) is 11.2 Å². The molecule has 1 aliphatic rings. The predicted molar refractivity (Wildman–Crippen MR) is 64.0 cm³/mol. The Hall–Kier alpha value is -1.07. The van der Waals surface area contributed by atoms with E-state index in [1.54, 1.807) is 0 Å². The predicted octanol–water partition coefficient (Wildman–Crippen LogP) is 1.05. The maximum absolute atomic E-state index is 11.7. The first-order chi connectivity index (χ1) is 8.16. The minimum atomic E-state index is 0.0513. The average molecular weight is 258 g/mol. The van der Waals surface area contributed by atoms with E-state index in [4.69, 9.17) is 16.1 Å². The summed E-state index contributed by atoms with van der Waals surface area (Å²) >= 11 is 5.83. The van der Waals surface area contributed by atoms with Crippen LogP contribution in [0.1, 0.15) is 24.1 Å². The van der Waals surface area contributed by atoms with E-state index in [1.165, 1.54) is 0 Å². The smallest absolute Gasteiger partial charge is 0.229 e. The molecule has 1 unspecified atom stereocenters. The Balaban J connectivity index is 1.79. The van der Waals surface area contributed by atoms with Crippen LogP contribution in [0.15, 0.2) is 4.52 Å². The average Bonchev–Trinajstić information content (AvgIpc) is 2.88. The Bertz CT molecular complexity index is 380. The quantitative estimate of drug-likeness (QED) is 0.846. The van der Waals surface area contributed by atoms with Crippen molar-refractivity contribution in [1.82, 2.24) is 15.8 Å². The monoisotopic (exact) mass is 257 g/mol. The lowest BCUT2D eigenvalue weighted by atomic mass is 10.1. The molecule has 0 aliphatic carbocycles. The molecule has 94 valence electrons. The highest BCUT2D eigenvalue weighted by Gasteiger charge is 2.17. The lowest BCUT2D eigenvalue weighted by molar-refractivity contribution is -0.121. The number of carbonyl (C=O) groups is 1. The molecule has 0 bridgehead atoms. The molecular weight excluding hydrogens is 242 g/mol. The van der Waals surface area contributed by atoms with Gasteiger partial charge in [0.1, 0.15) is 0 Å². The molecule has 0 spiro atoms. The number of halogens is 1. The third kappa shape index (κ3) is 3.20. The Labute approximate surface area is 105 Å². The van der Waals surface area contributed by atoms with Gasteiger partial charge in [0.15, 0.2) is 0 Å². The molecule has 0 radical (unpaired) electrons. The van der Waals surface area contributed by atoms with Crippen LogP contribution in [0.2, 0.25) is 5.22 Å². The van der Waals surface area contributed by atoms with Gasteiger partial charge in [0, 0.05) is 24.6 Å². The van der Waals surface area contributed by atoms with Gasteiger partial charge < -0.3 is 15.2 Å². The summed E-state index contributed by atoms with van der Waals surface area (Å²) in [5.41, 5.74) is 1.58. The van der Waals surface area contributed by atoms with Gasteiger partial charge in [0.25, 0.3) is 0 Å². The first-order valence-electron chi connectivity index (χ1n) is 5.77. The van der Waals surface area contributed by atoms with Crippen LogP contribution in [-0.4, -0.2) is 30.2 Å². The first-order valence-corrected chi connectivity index (χ1v) is 6.15. The second kappa shape index (κ2) is 5.51. The largest absolute Gasteiger partial charge is 0.352 e. The maximum Gasteiger partial charge on any atom is 0.229 e. The van der Waals surface area contributed by atoms with E-state index in [2.05, 4.69) is 15.8 Å². The molecule has 1 aromatic heterocycles. The van der Waals surface area contributed by atoms with Crippen LogP contribution >= 0.6 is 11.6 Å². The van der Waals surface area contributed by atoms with E-state index in [9.17, 15) is 4.79 Å². The van der Waals surface area contributed by atoms with Crippen molar-refractivity contribution >= 4 is 17.5 Å². The molecule has 2 heterocycles. The lowest BCUT2D eigenvalue weighted by Gasteiger charge is -2.10. The van der Waals surface area contributed by atoms with Gasteiger partial charge in [-0.05, 0) is 37.9 Å². The number of nitrogens with zero attached hydrogens (tertiary/aromatic N) is 1. The first kappa shape index (κ1) is 12.4. The Morgan fingerprint density at radius 3 is 3.12 bits per heavy atom. The number of hydrogen-bond acceptors (Lipinski definition) is 4. The van der Waals surface area contributed by atoms with Gasteiger partial charge in [0.2, 0.25) is 11.1 Å². The summed E-state index contributed by atoms with van der Waals surface area (Å²) in [4.78, 5) is 11.7. The van der Waals surface area contributed by atoms with Crippen molar-refractivity contribution in [2.75, 3.05) is 13.1 Å². The topological polar surface area (TPSA) is 67.2 Å². The summed E-state index contributed by atoms with van der Waals surface area (Å²) in [6.45, 7) is 3.66. The summed E-state index contributed by atoms with van der Waals surface area (Å²) in [5, 5.41) is 10.2. The fourth-order valence-electron chi connectivity index (χ4n) is 1.96. The summed E-state index contributed by atoms with van der Waals surface area (Å²) in [6.07, 6.45) is 1.98. The zero-order valence-electron chi connectivity index (χ0n) is 9.75. The SMILES string of the molecule is Cc1noc(Cl)c1CCC(=O)NC1CCNC1. The van der Waals surface area contributed by atoms with Gasteiger partial charge in [-0.2, -0.15) is 0 Å². The van der Waals surface area contributed by atoms with Crippen molar-refractivity contribution in [3.05, 3.63) is 16.5 Å². The van der Waals surface area contributed by atoms with E-state index in [-0.39, 0.29) is 17.2 Å². The molecule has 2 rings (SSSR count). The summed E-state index contributed by atoms with van der Waals surface area (Å²) in [6, 6.07) is 0.265. The molecule has 1 amide bonds. The second-order valence-corrected chi connectivity index (χ2v) is 4.62. The number of amides is 1. The molecular formula is C11H16ClN3O2. The molecule has 1 aromatic rings. The second-order valence-electron chi connectivity index (χ2n) is 4.28. The number of hydrogen-bond donors (Lipinski definition) is 2. The number of aromatic nitrogens is 1. The molecule has 1 fully saturated rings. The molecule has 17 heavy (non-hydrogen) atoms. The van der Waals surface area contributed by atoms with Crippen LogP contribution in [0.3, 0.4) is 0 Å². The van der Waals surface area contributed by atoms with Crippen molar-refractivity contribution in [3.63, 3.8) is 0 Å². The Kier molecular flexibility index (Phi) is 4.02. The normalized spacial score (nSPS) is 19.5. The van der Waals surface area contributed by atoms with Gasteiger partial charge >= 0.3 is 0 Å². The summed E-state index contributed by atoms with van der Waals surface area (Å²) in [5.74, 6) is 0.0513. The third-order valence-electron chi connectivity index (χ3n) is 2.96. The van der Waals surface area contributed by atoms with Crippen LogP contribution < -0.4 is 10.6 Å². The highest BCUT2D eigenvalue weighted by Crippen LogP contribution is 2.20. The van der Waals surface area contributed by atoms with Crippen molar-refractivity contribution in [1.29, 1.82) is 0 Å². The molecule has 2 N–H and O–H groups in total. The van der Waals surface area contributed by atoms with Crippen LogP contribution in [0.5, 0.6) is 0 Å². The number of aryl methyl sites for hydroxylation is 1. The van der Waals surface area contributed by atoms with Crippen molar-refractivity contribution < 1.29 is 9.32 Å². The fourth-order valence-corrected chi connectivity index (χ4v) is 2.22. The highest BCUT2D eigenvalue weighted by atomic mass is 35.5. The molecule has 1 atom stereocenters. The van der Waals surface area contributed by atoms with E-state index < -0.39 is 0 Å². The van der Waals surface area contributed by atoms with E-state index >= 15 is 0 Å². The standard InChI is InChI=1S/C11H16ClN3O2/c1-7-9(11(12)17-15-7)2-3-10(16)14-8-4-5-13-6-8/h8,13H,2-6H2,1H3,(H,14,16). The van der Waals surface area contributed by atoms with Gasteiger partial charge in [0.05, 0.1) is 5.69 Å². The van der Waals surface area contributed by atoms with E-state index in [1.807, 2.05) is 6.92 Å². The fraction of sp³-hybridized carbons (Fsp3) is 0.636. The molecule has 5 nitrogen and oxygen atoms in total. The maximum atomic E-state index is 11.7. The molecule has 0 aromatic carbocycles. The van der Waals surface area contributed by atoms with Crippen LogP contribution in [0, 0.1) is 6.92 Å². The van der Waals surface area contributed by atoms with Crippen LogP contribution in [0.4, 0.5) is 0 Å². The van der Waals surface area contributed by atoms with Crippen molar-refractivity contribution in [2.24, 2.45) is 0 Å². The zero-order chi connectivity index (χ0) is 12.3. The van der Waals surface area contributed by atoms with Crippen molar-refractivity contribution in [2.45, 2.75) is 32.2 Å². The van der Waals surface area contributed by atoms with Gasteiger partial charge in [-0.25, -0.2) is 0 Å². The molecule has 1 aliphatic heterocycles. The van der Waals surface area contributed by atoms with E-state index in [0.717, 1.165) is 30.8 Å². The molecule has 1 saturated heterocycles. The van der Waals surface area contributed by atoms with Gasteiger partial charge in [-0.15, -0.1) is 0 Å². The van der Waals surface area contributed by atoms with Gasteiger partial charge in [-0.3, -0.25) is 4.79 Å². The Morgan fingerprint density at radius 2 is 2.53 bits per heavy atom. The highest BCUT2D eigenvalue weighted by molar-refractivity contribution is 6.29. The zero-order valence-corrected chi connectivity index (χ0v) is 10.5. The van der Waals surface area contributed by atoms with Crippen LogP contribution in [0.25, 0.3) is 0 Å².